The van der Waals surface area contributed by atoms with Gasteiger partial charge in [-0.1, -0.05) is 36.4 Å². The number of benzene rings is 2. The first-order valence-corrected chi connectivity index (χ1v) is 9.41. The Morgan fingerprint density at radius 3 is 2.63 bits per heavy atom. The smallest absolute Gasteiger partial charge is 0.350 e. The predicted molar refractivity (Wildman–Crippen MR) is 99.4 cm³/mol. The molecule has 0 saturated heterocycles. The van der Waals surface area contributed by atoms with Gasteiger partial charge in [-0.05, 0) is 67.3 Å². The molecule has 1 unspecified atom stereocenters. The predicted octanol–water partition coefficient (Wildman–Crippen LogP) is 5.39. The molecular formula is C22H24F3NO. The number of hydrogen-bond donors (Lipinski definition) is 1. The van der Waals surface area contributed by atoms with Gasteiger partial charge in [0.25, 0.3) is 0 Å². The maximum atomic E-state index is 12.8. The van der Waals surface area contributed by atoms with Gasteiger partial charge in [-0.2, -0.15) is 13.2 Å². The SMILES string of the molecule is CC(NC(=O)CCc1cccc(C(F)(F)F)c1)c1cccc2c1CCCC2. The van der Waals surface area contributed by atoms with Crippen LogP contribution in [0.3, 0.4) is 0 Å². The van der Waals surface area contributed by atoms with Gasteiger partial charge >= 0.3 is 6.18 Å². The molecule has 1 amide bonds. The Labute approximate surface area is 157 Å². The molecule has 1 aliphatic carbocycles. The molecule has 0 bridgehead atoms. The fourth-order valence-electron chi connectivity index (χ4n) is 3.77. The molecule has 27 heavy (non-hydrogen) atoms. The summed E-state index contributed by atoms with van der Waals surface area (Å²) in [7, 11) is 0. The van der Waals surface area contributed by atoms with Crippen LogP contribution in [-0.2, 0) is 30.2 Å². The average Bonchev–Trinajstić information content (AvgIpc) is 2.65. The molecule has 2 aromatic carbocycles. The highest BCUT2D eigenvalue weighted by atomic mass is 19.4. The monoisotopic (exact) mass is 375 g/mol. The molecule has 1 atom stereocenters. The van der Waals surface area contributed by atoms with Crippen LogP contribution in [0.2, 0.25) is 0 Å². The standard InChI is InChI=1S/C22H24F3NO/c1-15(19-11-5-8-17-7-2-3-10-20(17)19)26-21(27)13-12-16-6-4-9-18(14-16)22(23,24)25/h4-6,8-9,11,14-15H,2-3,7,10,12-13H2,1H3,(H,26,27). The molecule has 144 valence electrons. The molecule has 0 saturated carbocycles. The van der Waals surface area contributed by atoms with Gasteiger partial charge in [-0.3, -0.25) is 4.79 Å². The van der Waals surface area contributed by atoms with E-state index in [-0.39, 0.29) is 24.8 Å². The van der Waals surface area contributed by atoms with E-state index in [1.54, 1.807) is 6.07 Å². The molecule has 0 fully saturated rings. The van der Waals surface area contributed by atoms with E-state index in [4.69, 9.17) is 0 Å². The van der Waals surface area contributed by atoms with Gasteiger partial charge in [-0.15, -0.1) is 0 Å². The summed E-state index contributed by atoms with van der Waals surface area (Å²) in [6.45, 7) is 1.96. The van der Waals surface area contributed by atoms with Crippen molar-refractivity contribution in [2.45, 2.75) is 57.7 Å². The zero-order valence-electron chi connectivity index (χ0n) is 15.4. The average molecular weight is 375 g/mol. The Morgan fingerprint density at radius 2 is 1.85 bits per heavy atom. The first kappa shape index (κ1) is 19.5. The number of halogens is 3. The minimum Gasteiger partial charge on any atom is -0.350 e. The third-order valence-electron chi connectivity index (χ3n) is 5.17. The van der Waals surface area contributed by atoms with Crippen LogP contribution >= 0.6 is 0 Å². The second-order valence-electron chi connectivity index (χ2n) is 7.18. The van der Waals surface area contributed by atoms with Crippen molar-refractivity contribution >= 4 is 5.91 Å². The first-order chi connectivity index (χ1) is 12.8. The van der Waals surface area contributed by atoms with Crippen LogP contribution in [0.4, 0.5) is 13.2 Å². The molecule has 0 aromatic heterocycles. The summed E-state index contributed by atoms with van der Waals surface area (Å²) in [6.07, 6.45) is 0.582. The molecule has 0 radical (unpaired) electrons. The maximum absolute atomic E-state index is 12.8. The van der Waals surface area contributed by atoms with Crippen LogP contribution in [0.15, 0.2) is 42.5 Å². The normalized spacial score (nSPS) is 15.1. The second-order valence-corrected chi connectivity index (χ2v) is 7.18. The molecule has 0 heterocycles. The van der Waals surface area contributed by atoms with Gasteiger partial charge in [0.15, 0.2) is 0 Å². The number of rotatable bonds is 5. The van der Waals surface area contributed by atoms with Crippen molar-refractivity contribution in [2.75, 3.05) is 0 Å². The number of carbonyl (C=O) groups is 1. The van der Waals surface area contributed by atoms with E-state index in [0.29, 0.717) is 5.56 Å². The Kier molecular flexibility index (Phi) is 5.88. The van der Waals surface area contributed by atoms with E-state index >= 15 is 0 Å². The molecule has 2 nitrogen and oxygen atoms in total. The van der Waals surface area contributed by atoms with Crippen molar-refractivity contribution in [1.29, 1.82) is 0 Å². The van der Waals surface area contributed by atoms with Gasteiger partial charge in [0.05, 0.1) is 11.6 Å². The number of nitrogens with one attached hydrogen (secondary N) is 1. The van der Waals surface area contributed by atoms with E-state index in [1.807, 2.05) is 13.0 Å². The van der Waals surface area contributed by atoms with E-state index in [1.165, 1.54) is 30.0 Å². The second kappa shape index (κ2) is 8.15. The largest absolute Gasteiger partial charge is 0.416 e. The third kappa shape index (κ3) is 4.90. The fourth-order valence-corrected chi connectivity index (χ4v) is 3.77. The van der Waals surface area contributed by atoms with E-state index in [0.717, 1.165) is 30.5 Å². The number of amides is 1. The zero-order chi connectivity index (χ0) is 19.4. The summed E-state index contributed by atoms with van der Waals surface area (Å²) in [6, 6.07) is 11.3. The Balaban J connectivity index is 1.60. The minimum atomic E-state index is -4.36. The number of hydrogen-bond acceptors (Lipinski definition) is 1. The van der Waals surface area contributed by atoms with Crippen molar-refractivity contribution in [3.05, 3.63) is 70.3 Å². The van der Waals surface area contributed by atoms with E-state index < -0.39 is 11.7 Å². The highest BCUT2D eigenvalue weighted by molar-refractivity contribution is 5.76. The lowest BCUT2D eigenvalue weighted by Crippen LogP contribution is -2.28. The topological polar surface area (TPSA) is 29.1 Å². The van der Waals surface area contributed by atoms with Gasteiger partial charge < -0.3 is 5.32 Å². The van der Waals surface area contributed by atoms with Crippen LogP contribution in [0.5, 0.6) is 0 Å². The third-order valence-corrected chi connectivity index (χ3v) is 5.17. The summed E-state index contributed by atoms with van der Waals surface area (Å²) in [4.78, 5) is 12.3. The van der Waals surface area contributed by atoms with Crippen molar-refractivity contribution in [3.63, 3.8) is 0 Å². The van der Waals surface area contributed by atoms with Gasteiger partial charge in [-0.25, -0.2) is 0 Å². The maximum Gasteiger partial charge on any atom is 0.416 e. The summed E-state index contributed by atoms with van der Waals surface area (Å²) in [5, 5.41) is 3.00. The minimum absolute atomic E-state index is 0.105. The summed E-state index contributed by atoms with van der Waals surface area (Å²) < 4.78 is 38.4. The lowest BCUT2D eigenvalue weighted by atomic mass is 9.86. The fraction of sp³-hybridized carbons (Fsp3) is 0.409. The Hall–Kier alpha value is -2.30. The molecule has 2 aromatic rings. The quantitative estimate of drug-likeness (QED) is 0.745. The van der Waals surface area contributed by atoms with Crippen molar-refractivity contribution < 1.29 is 18.0 Å². The van der Waals surface area contributed by atoms with Crippen LogP contribution in [0, 0.1) is 0 Å². The first-order valence-electron chi connectivity index (χ1n) is 9.41. The number of fused-ring (bicyclic) bond motifs is 1. The van der Waals surface area contributed by atoms with Gasteiger partial charge in [0.2, 0.25) is 5.91 Å². The zero-order valence-corrected chi connectivity index (χ0v) is 15.4. The van der Waals surface area contributed by atoms with Gasteiger partial charge in [0.1, 0.15) is 0 Å². The Morgan fingerprint density at radius 1 is 1.11 bits per heavy atom. The van der Waals surface area contributed by atoms with E-state index in [2.05, 4.69) is 17.4 Å². The molecule has 5 heteroatoms. The van der Waals surface area contributed by atoms with Crippen molar-refractivity contribution in [1.82, 2.24) is 5.32 Å². The number of carbonyl (C=O) groups excluding carboxylic acids is 1. The molecule has 3 rings (SSSR count). The Bertz CT molecular complexity index is 813. The summed E-state index contributed by atoms with van der Waals surface area (Å²) in [5.41, 5.74) is 3.70. The van der Waals surface area contributed by atoms with Crippen molar-refractivity contribution in [2.24, 2.45) is 0 Å². The summed E-state index contributed by atoms with van der Waals surface area (Å²) in [5.74, 6) is -0.145. The van der Waals surface area contributed by atoms with E-state index in [9.17, 15) is 18.0 Å². The molecule has 1 aliphatic rings. The number of alkyl halides is 3. The van der Waals surface area contributed by atoms with Crippen LogP contribution in [0.1, 0.15) is 60.0 Å². The molecule has 0 spiro atoms. The molecular weight excluding hydrogens is 351 g/mol. The highest BCUT2D eigenvalue weighted by Gasteiger charge is 2.30. The lowest BCUT2D eigenvalue weighted by Gasteiger charge is -2.23. The molecule has 0 aliphatic heterocycles. The van der Waals surface area contributed by atoms with Crippen LogP contribution in [0.25, 0.3) is 0 Å². The lowest BCUT2D eigenvalue weighted by molar-refractivity contribution is -0.137. The van der Waals surface area contributed by atoms with Crippen LogP contribution < -0.4 is 5.32 Å². The summed E-state index contributed by atoms with van der Waals surface area (Å²) >= 11 is 0. The highest BCUT2D eigenvalue weighted by Crippen LogP contribution is 2.30. The van der Waals surface area contributed by atoms with Gasteiger partial charge in [0, 0.05) is 6.42 Å². The van der Waals surface area contributed by atoms with Crippen LogP contribution in [-0.4, -0.2) is 5.91 Å². The number of aryl methyl sites for hydroxylation is 2. The molecule has 1 N–H and O–H groups in total. The van der Waals surface area contributed by atoms with Crippen molar-refractivity contribution in [3.8, 4) is 0 Å².